The molecule has 1 aromatic rings. The van der Waals surface area contributed by atoms with Crippen LogP contribution in [0.5, 0.6) is 0 Å². The number of carbonyl (C=O) groups is 1. The van der Waals surface area contributed by atoms with Crippen molar-refractivity contribution in [3.63, 3.8) is 0 Å². The molecule has 5 heteroatoms. The van der Waals surface area contributed by atoms with Crippen LogP contribution in [-0.4, -0.2) is 55.0 Å². The first-order valence-electron chi connectivity index (χ1n) is 6.52. The van der Waals surface area contributed by atoms with Crippen molar-refractivity contribution in [3.8, 4) is 0 Å². The van der Waals surface area contributed by atoms with Crippen LogP contribution in [0, 0.1) is 5.82 Å². The standard InChI is InChI=1S/C14H20FN3O/c1-17-6-7-18(13(9-16)10-17)14(19)8-11-2-4-12(15)5-3-11/h2-5,13H,6-10,16H2,1H3. The molecule has 0 aliphatic carbocycles. The molecule has 1 fully saturated rings. The molecule has 1 unspecified atom stereocenters. The van der Waals surface area contributed by atoms with Crippen LogP contribution in [0.25, 0.3) is 0 Å². The molecule has 2 N–H and O–H groups in total. The van der Waals surface area contributed by atoms with Gasteiger partial charge in [-0.15, -0.1) is 0 Å². The highest BCUT2D eigenvalue weighted by Gasteiger charge is 2.27. The Balaban J connectivity index is 2.00. The maximum Gasteiger partial charge on any atom is 0.227 e. The third-order valence-electron chi connectivity index (χ3n) is 3.55. The summed E-state index contributed by atoms with van der Waals surface area (Å²) in [7, 11) is 2.03. The second-order valence-electron chi connectivity index (χ2n) is 5.04. The summed E-state index contributed by atoms with van der Waals surface area (Å²) in [5.41, 5.74) is 6.57. The summed E-state index contributed by atoms with van der Waals surface area (Å²) in [6, 6.07) is 6.15. The minimum absolute atomic E-state index is 0.0650. The molecule has 1 saturated heterocycles. The molecule has 19 heavy (non-hydrogen) atoms. The smallest absolute Gasteiger partial charge is 0.227 e. The highest BCUT2D eigenvalue weighted by molar-refractivity contribution is 5.79. The SMILES string of the molecule is CN1CCN(C(=O)Cc2ccc(F)cc2)C(CN)C1. The predicted molar refractivity (Wildman–Crippen MR) is 72.2 cm³/mol. The molecule has 1 amide bonds. The highest BCUT2D eigenvalue weighted by atomic mass is 19.1. The van der Waals surface area contributed by atoms with E-state index >= 15 is 0 Å². The van der Waals surface area contributed by atoms with Crippen LogP contribution in [-0.2, 0) is 11.2 Å². The number of amides is 1. The number of likely N-dealkylation sites (N-methyl/N-ethyl adjacent to an activating group) is 1. The van der Waals surface area contributed by atoms with Crippen LogP contribution < -0.4 is 5.73 Å². The zero-order valence-corrected chi connectivity index (χ0v) is 11.2. The Hall–Kier alpha value is -1.46. The fourth-order valence-corrected chi connectivity index (χ4v) is 2.42. The number of benzene rings is 1. The molecule has 0 spiro atoms. The molecule has 4 nitrogen and oxygen atoms in total. The lowest BCUT2D eigenvalue weighted by atomic mass is 10.1. The van der Waals surface area contributed by atoms with E-state index in [9.17, 15) is 9.18 Å². The second-order valence-corrected chi connectivity index (χ2v) is 5.04. The Morgan fingerprint density at radius 1 is 1.37 bits per heavy atom. The Morgan fingerprint density at radius 2 is 2.05 bits per heavy atom. The molecule has 1 aliphatic rings. The van der Waals surface area contributed by atoms with Crippen LogP contribution in [0.3, 0.4) is 0 Å². The fraction of sp³-hybridized carbons (Fsp3) is 0.500. The van der Waals surface area contributed by atoms with E-state index < -0.39 is 0 Å². The normalized spacial score (nSPS) is 20.6. The first kappa shape index (κ1) is 14.0. The number of halogens is 1. The van der Waals surface area contributed by atoms with Crippen molar-refractivity contribution in [2.45, 2.75) is 12.5 Å². The van der Waals surface area contributed by atoms with Gasteiger partial charge in [0.25, 0.3) is 0 Å². The minimum Gasteiger partial charge on any atom is -0.336 e. The number of hydrogen-bond donors (Lipinski definition) is 1. The van der Waals surface area contributed by atoms with Crippen molar-refractivity contribution >= 4 is 5.91 Å². The van der Waals surface area contributed by atoms with Crippen molar-refractivity contribution in [2.24, 2.45) is 5.73 Å². The molecule has 0 radical (unpaired) electrons. The maximum atomic E-state index is 12.8. The van der Waals surface area contributed by atoms with E-state index in [0.717, 1.165) is 18.7 Å². The van der Waals surface area contributed by atoms with Crippen LogP contribution in [0.15, 0.2) is 24.3 Å². The van der Waals surface area contributed by atoms with E-state index in [-0.39, 0.29) is 17.8 Å². The number of hydrogen-bond acceptors (Lipinski definition) is 3. The average Bonchev–Trinajstić information content (AvgIpc) is 2.41. The summed E-state index contributed by atoms with van der Waals surface area (Å²) in [6.45, 7) is 2.86. The zero-order chi connectivity index (χ0) is 13.8. The lowest BCUT2D eigenvalue weighted by Gasteiger charge is -2.39. The maximum absolute atomic E-state index is 12.8. The molecule has 1 heterocycles. The van der Waals surface area contributed by atoms with Crippen molar-refractivity contribution in [1.29, 1.82) is 0 Å². The van der Waals surface area contributed by atoms with Gasteiger partial charge in [0.15, 0.2) is 0 Å². The lowest BCUT2D eigenvalue weighted by molar-refractivity contribution is -0.134. The average molecular weight is 265 g/mol. The van der Waals surface area contributed by atoms with Crippen molar-refractivity contribution < 1.29 is 9.18 Å². The van der Waals surface area contributed by atoms with Gasteiger partial charge in [-0.2, -0.15) is 0 Å². The van der Waals surface area contributed by atoms with Gasteiger partial charge in [0.2, 0.25) is 5.91 Å². The third kappa shape index (κ3) is 3.52. The Morgan fingerprint density at radius 3 is 2.68 bits per heavy atom. The molecule has 0 saturated carbocycles. The molecular weight excluding hydrogens is 245 g/mol. The largest absolute Gasteiger partial charge is 0.336 e. The van der Waals surface area contributed by atoms with E-state index in [0.29, 0.717) is 19.5 Å². The topological polar surface area (TPSA) is 49.6 Å². The van der Waals surface area contributed by atoms with Gasteiger partial charge in [-0.1, -0.05) is 12.1 Å². The summed E-state index contributed by atoms with van der Waals surface area (Å²) < 4.78 is 12.8. The fourth-order valence-electron chi connectivity index (χ4n) is 2.42. The van der Waals surface area contributed by atoms with Gasteiger partial charge < -0.3 is 15.5 Å². The first-order valence-corrected chi connectivity index (χ1v) is 6.52. The van der Waals surface area contributed by atoms with Gasteiger partial charge in [-0.05, 0) is 24.7 Å². The number of nitrogens with two attached hydrogens (primary N) is 1. The van der Waals surface area contributed by atoms with Crippen LogP contribution in [0.2, 0.25) is 0 Å². The van der Waals surface area contributed by atoms with Gasteiger partial charge in [-0.3, -0.25) is 4.79 Å². The van der Waals surface area contributed by atoms with E-state index in [1.165, 1.54) is 12.1 Å². The molecule has 2 rings (SSSR count). The monoisotopic (exact) mass is 265 g/mol. The molecule has 1 aromatic carbocycles. The highest BCUT2D eigenvalue weighted by Crippen LogP contribution is 2.11. The molecule has 0 aromatic heterocycles. The summed E-state index contributed by atoms with van der Waals surface area (Å²) in [5.74, 6) is -0.217. The molecular formula is C14H20FN3O. The number of piperazine rings is 1. The Labute approximate surface area is 113 Å². The number of nitrogens with zero attached hydrogens (tertiary/aromatic N) is 2. The van der Waals surface area contributed by atoms with Gasteiger partial charge >= 0.3 is 0 Å². The minimum atomic E-state index is -0.282. The Bertz CT molecular complexity index is 435. The second kappa shape index (κ2) is 6.12. The van der Waals surface area contributed by atoms with Gasteiger partial charge in [0.05, 0.1) is 12.5 Å². The predicted octanol–water partition coefficient (Wildman–Crippen LogP) is 0.469. The van der Waals surface area contributed by atoms with Crippen molar-refractivity contribution in [1.82, 2.24) is 9.80 Å². The van der Waals surface area contributed by atoms with E-state index in [4.69, 9.17) is 5.73 Å². The van der Waals surface area contributed by atoms with Crippen LogP contribution in [0.1, 0.15) is 5.56 Å². The lowest BCUT2D eigenvalue weighted by Crippen LogP contribution is -2.57. The Kier molecular flexibility index (Phi) is 4.50. The van der Waals surface area contributed by atoms with Gasteiger partial charge in [0, 0.05) is 26.2 Å². The zero-order valence-electron chi connectivity index (χ0n) is 11.2. The van der Waals surface area contributed by atoms with Crippen LogP contribution in [0.4, 0.5) is 4.39 Å². The number of rotatable bonds is 3. The van der Waals surface area contributed by atoms with E-state index in [1.54, 1.807) is 12.1 Å². The quantitative estimate of drug-likeness (QED) is 0.864. The summed E-state index contributed by atoms with van der Waals surface area (Å²) >= 11 is 0. The van der Waals surface area contributed by atoms with E-state index in [2.05, 4.69) is 4.90 Å². The van der Waals surface area contributed by atoms with Crippen molar-refractivity contribution in [3.05, 3.63) is 35.6 Å². The molecule has 1 aliphatic heterocycles. The molecule has 104 valence electrons. The van der Waals surface area contributed by atoms with Crippen LogP contribution >= 0.6 is 0 Å². The first-order chi connectivity index (χ1) is 9.10. The number of carbonyl (C=O) groups excluding carboxylic acids is 1. The summed E-state index contributed by atoms with van der Waals surface area (Å²) in [6.07, 6.45) is 0.306. The van der Waals surface area contributed by atoms with Crippen molar-refractivity contribution in [2.75, 3.05) is 33.2 Å². The summed E-state index contributed by atoms with van der Waals surface area (Å²) in [5, 5.41) is 0. The van der Waals surface area contributed by atoms with Gasteiger partial charge in [0.1, 0.15) is 5.82 Å². The van der Waals surface area contributed by atoms with E-state index in [1.807, 2.05) is 11.9 Å². The summed E-state index contributed by atoms with van der Waals surface area (Å²) in [4.78, 5) is 16.3. The molecule has 0 bridgehead atoms. The van der Waals surface area contributed by atoms with Gasteiger partial charge in [-0.25, -0.2) is 4.39 Å². The third-order valence-corrected chi connectivity index (χ3v) is 3.55. The molecule has 1 atom stereocenters.